The van der Waals surface area contributed by atoms with Crippen LogP contribution in [0.1, 0.15) is 29.4 Å². The summed E-state index contributed by atoms with van der Waals surface area (Å²) in [5.41, 5.74) is 2.76. The zero-order valence-corrected chi connectivity index (χ0v) is 20.7. The number of carbonyl (C=O) groups is 2. The van der Waals surface area contributed by atoms with E-state index in [-0.39, 0.29) is 17.7 Å². The number of amides is 1. The van der Waals surface area contributed by atoms with Gasteiger partial charge in [-0.15, -0.1) is 0 Å². The van der Waals surface area contributed by atoms with Crippen molar-refractivity contribution < 1.29 is 19.1 Å². The first-order valence-electron chi connectivity index (χ1n) is 11.7. The Hall–Kier alpha value is -4.39. The molecule has 4 aromatic rings. The number of ether oxygens (including phenoxy) is 2. The van der Waals surface area contributed by atoms with E-state index in [1.807, 2.05) is 43.3 Å². The summed E-state index contributed by atoms with van der Waals surface area (Å²) in [5, 5.41) is 3.91. The van der Waals surface area contributed by atoms with Gasteiger partial charge in [-0.3, -0.25) is 9.59 Å². The molecule has 36 heavy (non-hydrogen) atoms. The second-order valence-electron chi connectivity index (χ2n) is 8.52. The highest BCUT2D eigenvalue weighted by atomic mass is 16.5. The number of nitrogens with zero attached hydrogens (tertiary/aromatic N) is 1. The number of methoxy groups -OCH3 is 1. The third kappa shape index (κ3) is 4.86. The molecule has 0 aliphatic heterocycles. The van der Waals surface area contributed by atoms with Crippen molar-refractivity contribution >= 4 is 28.3 Å². The van der Waals surface area contributed by atoms with E-state index in [0.717, 1.165) is 11.1 Å². The quantitative estimate of drug-likeness (QED) is 0.369. The Kier molecular flexibility index (Phi) is 7.20. The van der Waals surface area contributed by atoms with Gasteiger partial charge in [0.2, 0.25) is 0 Å². The topological polar surface area (TPSA) is 86.6 Å². The summed E-state index contributed by atoms with van der Waals surface area (Å²) >= 11 is 0. The molecule has 7 heteroatoms. The fourth-order valence-corrected chi connectivity index (χ4v) is 4.12. The molecule has 0 fully saturated rings. The number of hydrogen-bond donors (Lipinski definition) is 1. The lowest BCUT2D eigenvalue weighted by atomic mass is 9.96. The molecule has 1 amide bonds. The third-order valence-corrected chi connectivity index (χ3v) is 6.11. The molecule has 0 spiro atoms. The highest BCUT2D eigenvalue weighted by Crippen LogP contribution is 2.31. The number of hydrogen-bond acceptors (Lipinski definition) is 5. The highest BCUT2D eigenvalue weighted by molar-refractivity contribution is 6.07. The molecule has 1 heterocycles. The predicted octanol–water partition coefficient (Wildman–Crippen LogP) is 5.10. The van der Waals surface area contributed by atoms with Crippen LogP contribution < -0.4 is 15.6 Å². The molecule has 0 aliphatic carbocycles. The van der Waals surface area contributed by atoms with Gasteiger partial charge in [-0.1, -0.05) is 55.0 Å². The van der Waals surface area contributed by atoms with E-state index in [2.05, 4.69) is 5.32 Å². The van der Waals surface area contributed by atoms with Crippen molar-refractivity contribution in [2.75, 3.05) is 12.4 Å². The highest BCUT2D eigenvalue weighted by Gasteiger charge is 2.27. The van der Waals surface area contributed by atoms with Gasteiger partial charge in [0.15, 0.2) is 6.10 Å². The molecule has 0 saturated carbocycles. The molecule has 3 aromatic carbocycles. The largest absolute Gasteiger partial charge is 0.497 e. The van der Waals surface area contributed by atoms with Crippen LogP contribution in [0.3, 0.4) is 0 Å². The zero-order chi connectivity index (χ0) is 25.8. The SMILES string of the molecule is CCC(OC(=O)c1c(-c2ccc(C)cc2)c2ccccc2c(=O)n1C)C(=O)Nc1ccc(OC)cc1. The fraction of sp³-hybridized carbons (Fsp3) is 0.207. The number of rotatable bonds is 7. The molecule has 1 atom stereocenters. The lowest BCUT2D eigenvalue weighted by molar-refractivity contribution is -0.124. The molecule has 1 unspecified atom stereocenters. The van der Waals surface area contributed by atoms with Gasteiger partial charge in [0.25, 0.3) is 11.5 Å². The van der Waals surface area contributed by atoms with Crippen LogP contribution in [0.25, 0.3) is 21.9 Å². The number of fused-ring (bicyclic) bond motifs is 1. The number of aryl methyl sites for hydroxylation is 1. The minimum Gasteiger partial charge on any atom is -0.497 e. The predicted molar refractivity (Wildman–Crippen MR) is 140 cm³/mol. The van der Waals surface area contributed by atoms with Gasteiger partial charge < -0.3 is 19.4 Å². The van der Waals surface area contributed by atoms with Gasteiger partial charge >= 0.3 is 5.97 Å². The van der Waals surface area contributed by atoms with Crippen LogP contribution in [0.2, 0.25) is 0 Å². The minimum absolute atomic E-state index is 0.0956. The first-order chi connectivity index (χ1) is 17.3. The zero-order valence-electron chi connectivity index (χ0n) is 20.7. The number of pyridine rings is 1. The maximum Gasteiger partial charge on any atom is 0.356 e. The van der Waals surface area contributed by atoms with Gasteiger partial charge in [0, 0.05) is 23.7 Å². The van der Waals surface area contributed by atoms with E-state index in [4.69, 9.17) is 9.47 Å². The van der Waals surface area contributed by atoms with Crippen molar-refractivity contribution in [3.05, 3.63) is 94.4 Å². The average Bonchev–Trinajstić information content (AvgIpc) is 2.90. The Morgan fingerprint density at radius 2 is 1.58 bits per heavy atom. The Morgan fingerprint density at radius 1 is 0.944 bits per heavy atom. The number of benzene rings is 3. The van der Waals surface area contributed by atoms with Crippen LogP contribution in [0.15, 0.2) is 77.6 Å². The Morgan fingerprint density at radius 3 is 2.19 bits per heavy atom. The summed E-state index contributed by atoms with van der Waals surface area (Å²) in [6.07, 6.45) is -0.790. The molecule has 1 aromatic heterocycles. The minimum atomic E-state index is -1.05. The van der Waals surface area contributed by atoms with E-state index in [1.54, 1.807) is 57.5 Å². The molecular formula is C29H28N2O5. The van der Waals surface area contributed by atoms with Gasteiger partial charge in [0.05, 0.1) is 7.11 Å². The monoisotopic (exact) mass is 484 g/mol. The van der Waals surface area contributed by atoms with Crippen LogP contribution in [-0.2, 0) is 16.6 Å². The van der Waals surface area contributed by atoms with Crippen LogP contribution in [-0.4, -0.2) is 29.7 Å². The Balaban J connectivity index is 1.72. The van der Waals surface area contributed by atoms with Crippen molar-refractivity contribution in [2.24, 2.45) is 7.05 Å². The van der Waals surface area contributed by atoms with Gasteiger partial charge in [-0.25, -0.2) is 4.79 Å². The molecule has 0 bridgehead atoms. The molecule has 0 radical (unpaired) electrons. The van der Waals surface area contributed by atoms with Gasteiger partial charge in [-0.05, 0) is 54.6 Å². The second-order valence-corrected chi connectivity index (χ2v) is 8.52. The second kappa shape index (κ2) is 10.5. The molecule has 0 aliphatic rings. The van der Waals surface area contributed by atoms with Crippen molar-refractivity contribution in [1.82, 2.24) is 4.57 Å². The van der Waals surface area contributed by atoms with E-state index in [1.165, 1.54) is 4.57 Å². The van der Waals surface area contributed by atoms with Crippen molar-refractivity contribution in [3.8, 4) is 16.9 Å². The van der Waals surface area contributed by atoms with Gasteiger partial charge in [0.1, 0.15) is 11.4 Å². The number of anilines is 1. The molecule has 0 saturated heterocycles. The summed E-state index contributed by atoms with van der Waals surface area (Å²) in [5.74, 6) is -0.543. The number of nitrogens with one attached hydrogen (secondary N) is 1. The molecular weight excluding hydrogens is 456 g/mol. The smallest absolute Gasteiger partial charge is 0.356 e. The van der Waals surface area contributed by atoms with Crippen molar-refractivity contribution in [2.45, 2.75) is 26.4 Å². The summed E-state index contributed by atoms with van der Waals surface area (Å²) in [6, 6.07) is 21.7. The third-order valence-electron chi connectivity index (χ3n) is 6.11. The first-order valence-corrected chi connectivity index (χ1v) is 11.7. The summed E-state index contributed by atoms with van der Waals surface area (Å²) < 4.78 is 12.1. The number of aromatic nitrogens is 1. The van der Waals surface area contributed by atoms with Crippen LogP contribution in [0.4, 0.5) is 5.69 Å². The Bertz CT molecular complexity index is 1470. The van der Waals surface area contributed by atoms with Crippen molar-refractivity contribution in [1.29, 1.82) is 0 Å². The first kappa shape index (κ1) is 24.7. The van der Waals surface area contributed by atoms with Gasteiger partial charge in [-0.2, -0.15) is 0 Å². The van der Waals surface area contributed by atoms with E-state index >= 15 is 0 Å². The van der Waals surface area contributed by atoms with Crippen LogP contribution in [0, 0.1) is 6.92 Å². The van der Waals surface area contributed by atoms with Crippen molar-refractivity contribution in [3.63, 3.8) is 0 Å². The standard InChI is InChI=1S/C29H28N2O5/c1-5-24(27(32)30-20-14-16-21(35-4)17-15-20)36-29(34)26-25(19-12-10-18(2)11-13-19)22-8-6-7-9-23(22)28(33)31(26)3/h6-17,24H,5H2,1-4H3,(H,30,32). The lowest BCUT2D eigenvalue weighted by Gasteiger charge is -2.20. The molecule has 1 N–H and O–H groups in total. The lowest BCUT2D eigenvalue weighted by Crippen LogP contribution is -2.34. The van der Waals surface area contributed by atoms with E-state index in [0.29, 0.717) is 27.8 Å². The molecule has 184 valence electrons. The molecule has 7 nitrogen and oxygen atoms in total. The average molecular weight is 485 g/mol. The van der Waals surface area contributed by atoms with E-state index < -0.39 is 18.0 Å². The maximum absolute atomic E-state index is 13.6. The number of carbonyl (C=O) groups excluding carboxylic acids is 2. The number of esters is 1. The maximum atomic E-state index is 13.6. The summed E-state index contributed by atoms with van der Waals surface area (Å²) in [7, 11) is 3.10. The fourth-order valence-electron chi connectivity index (χ4n) is 4.12. The summed E-state index contributed by atoms with van der Waals surface area (Å²) in [4.78, 5) is 39.6. The molecule has 4 rings (SSSR count). The Labute approximate surface area is 209 Å². The normalized spacial score (nSPS) is 11.7. The van der Waals surface area contributed by atoms with E-state index in [9.17, 15) is 14.4 Å². The van der Waals surface area contributed by atoms with Crippen LogP contribution in [0.5, 0.6) is 5.75 Å². The van der Waals surface area contributed by atoms with Crippen LogP contribution >= 0.6 is 0 Å². The summed E-state index contributed by atoms with van der Waals surface area (Å²) in [6.45, 7) is 3.73.